The van der Waals surface area contributed by atoms with E-state index in [0.29, 0.717) is 51.6 Å². The maximum Gasteiger partial charge on any atom is 0.246 e. The first-order valence-electron chi connectivity index (χ1n) is 27.5. The van der Waals surface area contributed by atoms with Crippen LogP contribution in [0.25, 0.3) is 0 Å². The van der Waals surface area contributed by atoms with Crippen LogP contribution in [0, 0.1) is 35.5 Å². The number of ether oxygens (including phenoxy) is 2. The molecule has 2 aromatic rings. The van der Waals surface area contributed by atoms with Gasteiger partial charge in [-0.25, -0.2) is 0 Å². The minimum absolute atomic E-state index is 0. The van der Waals surface area contributed by atoms with E-state index in [2.05, 4.69) is 55.6 Å². The van der Waals surface area contributed by atoms with Gasteiger partial charge in [0.1, 0.15) is 37.4 Å². The number of carbonyl (C=O) groups is 6. The summed E-state index contributed by atoms with van der Waals surface area (Å²) in [5, 5.41) is 18.6. The number of rotatable bonds is 18. The smallest absolute Gasteiger partial charge is 0.246 e. The number of carbonyl (C=O) groups excluding carboxylic acids is 6. The summed E-state index contributed by atoms with van der Waals surface area (Å²) in [5.41, 5.74) is 4.10. The highest BCUT2D eigenvalue weighted by atomic mass is 35.5. The summed E-state index contributed by atoms with van der Waals surface area (Å²) in [6, 6.07) is 11.5. The fourth-order valence-electron chi connectivity index (χ4n) is 12.2. The van der Waals surface area contributed by atoms with Gasteiger partial charge in [-0.15, -0.1) is 24.8 Å². The summed E-state index contributed by atoms with van der Waals surface area (Å²) >= 11 is 0. The molecule has 10 unspecified atom stereocenters. The SMILES string of the molecule is CNC(C)C(=O)NC(C(=O)N1CCCC1C(=O)NC1c2ccccc2CC1OCC#CC#CCOC1Cc2ccccc2C1NC(=O)C1CCCN1C(=O)C(NC(=O)C(C)NC)C1CCCCC1)C1CCCCC1.Cl.Cl. The molecule has 6 amide bonds. The van der Waals surface area contributed by atoms with E-state index < -0.39 is 48.3 Å². The first-order valence-corrected chi connectivity index (χ1v) is 27.5. The lowest BCUT2D eigenvalue weighted by atomic mass is 9.83. The molecule has 0 aromatic heterocycles. The molecule has 2 saturated heterocycles. The maximum absolute atomic E-state index is 14.3. The Balaban J connectivity index is 0.00000469. The number of halogens is 2. The molecule has 76 heavy (non-hydrogen) atoms. The van der Waals surface area contributed by atoms with Gasteiger partial charge in [-0.1, -0.05) is 98.9 Å². The molecule has 0 radical (unpaired) electrons. The van der Waals surface area contributed by atoms with E-state index in [1.807, 2.05) is 48.5 Å². The Hall–Kier alpha value is -5.20. The van der Waals surface area contributed by atoms with E-state index >= 15 is 0 Å². The molecule has 2 aliphatic heterocycles. The summed E-state index contributed by atoms with van der Waals surface area (Å²) in [6.07, 6.45) is 12.6. The lowest BCUT2D eigenvalue weighted by Crippen LogP contribution is -2.58. The highest BCUT2D eigenvalue weighted by molar-refractivity contribution is 5.95. The van der Waals surface area contributed by atoms with Gasteiger partial charge in [-0.05, 0) is 125 Å². The number of nitrogens with one attached hydrogen (secondary N) is 6. The first kappa shape index (κ1) is 60.0. The Kier molecular flexibility index (Phi) is 22.9. The van der Waals surface area contributed by atoms with Crippen molar-refractivity contribution < 1.29 is 38.2 Å². The van der Waals surface area contributed by atoms with Crippen molar-refractivity contribution in [1.29, 1.82) is 0 Å². The first-order chi connectivity index (χ1) is 36.0. The third-order valence-corrected chi connectivity index (χ3v) is 16.6. The lowest BCUT2D eigenvalue weighted by molar-refractivity contribution is -0.143. The molecule has 18 heteroatoms. The molecular weight excluding hydrogens is 1010 g/mol. The van der Waals surface area contributed by atoms with Gasteiger partial charge in [0.2, 0.25) is 35.4 Å². The zero-order valence-corrected chi connectivity index (χ0v) is 46.3. The highest BCUT2D eigenvalue weighted by Gasteiger charge is 2.45. The van der Waals surface area contributed by atoms with Crippen molar-refractivity contribution in [2.45, 2.75) is 177 Å². The van der Waals surface area contributed by atoms with Crippen LogP contribution in [0.5, 0.6) is 0 Å². The molecule has 4 fully saturated rings. The molecule has 2 aromatic carbocycles. The summed E-state index contributed by atoms with van der Waals surface area (Å²) < 4.78 is 12.7. The highest BCUT2D eigenvalue weighted by Crippen LogP contribution is 2.37. The zero-order chi connectivity index (χ0) is 52.1. The van der Waals surface area contributed by atoms with Crippen LogP contribution in [0.15, 0.2) is 48.5 Å². The number of nitrogens with zero attached hydrogens (tertiary/aromatic N) is 2. The molecular formula is C58H80Cl2N8O8. The summed E-state index contributed by atoms with van der Waals surface area (Å²) in [4.78, 5) is 86.6. The second kappa shape index (κ2) is 29.0. The summed E-state index contributed by atoms with van der Waals surface area (Å²) in [5.74, 6) is 10.6. The second-order valence-electron chi connectivity index (χ2n) is 21.2. The number of likely N-dealkylation sites (tertiary alicyclic amines) is 2. The van der Waals surface area contributed by atoms with Crippen LogP contribution < -0.4 is 31.9 Å². The third kappa shape index (κ3) is 14.5. The van der Waals surface area contributed by atoms with Crippen molar-refractivity contribution in [3.8, 4) is 23.7 Å². The molecule has 4 aliphatic carbocycles. The molecule has 8 rings (SSSR count). The van der Waals surface area contributed by atoms with E-state index in [1.165, 1.54) is 0 Å². The predicted molar refractivity (Wildman–Crippen MR) is 295 cm³/mol. The van der Waals surface area contributed by atoms with Gasteiger partial charge in [0.05, 0.1) is 36.4 Å². The van der Waals surface area contributed by atoms with E-state index in [-0.39, 0.29) is 97.5 Å². The zero-order valence-electron chi connectivity index (χ0n) is 44.7. The van der Waals surface area contributed by atoms with Gasteiger partial charge in [0, 0.05) is 25.9 Å². The van der Waals surface area contributed by atoms with Crippen molar-refractivity contribution in [1.82, 2.24) is 41.7 Å². The van der Waals surface area contributed by atoms with Crippen LogP contribution in [-0.2, 0) is 51.1 Å². The maximum atomic E-state index is 14.3. The molecule has 0 bridgehead atoms. The molecule has 2 saturated carbocycles. The lowest BCUT2D eigenvalue weighted by Gasteiger charge is -2.35. The van der Waals surface area contributed by atoms with Crippen molar-refractivity contribution in [2.24, 2.45) is 11.8 Å². The molecule has 16 nitrogen and oxygen atoms in total. The molecule has 414 valence electrons. The standard InChI is InChI=1S/C58H78N8O8.2ClH/c1-37(59-3)53(67)61-49(39-21-9-7-10-22-39)57(71)65-31-19-29-45(65)55(69)63-51-43-27-15-13-25-41(43)35-47(51)73-33-17-5-6-18-34-74-48-36-42-26-14-16-28-44(42)52(48)64-56(70)46-30-20-32-66(46)58(72)50(40-23-11-8-12-24-40)62-54(68)38(2)60-4;;/h13-16,25-28,37-40,45-52,59-60H,7-12,19-24,29-36H2,1-4H3,(H,61,67)(H,62,68)(H,63,69)(H,64,70);2*1H. The Labute approximate surface area is 462 Å². The van der Waals surface area contributed by atoms with Gasteiger partial charge in [0.15, 0.2) is 0 Å². The second-order valence-corrected chi connectivity index (χ2v) is 21.2. The van der Waals surface area contributed by atoms with Crippen molar-refractivity contribution in [3.63, 3.8) is 0 Å². The van der Waals surface area contributed by atoms with Gasteiger partial charge in [-0.2, -0.15) is 0 Å². The average molecular weight is 1090 g/mol. The molecule has 2 heterocycles. The van der Waals surface area contributed by atoms with Crippen LogP contribution in [-0.4, -0.2) is 134 Å². The Morgan fingerprint density at radius 3 is 1.32 bits per heavy atom. The number of amides is 6. The van der Waals surface area contributed by atoms with Gasteiger partial charge >= 0.3 is 0 Å². The third-order valence-electron chi connectivity index (χ3n) is 16.6. The fraction of sp³-hybridized carbons (Fsp3) is 0.621. The van der Waals surface area contributed by atoms with E-state index in [9.17, 15) is 28.8 Å². The quantitative estimate of drug-likeness (QED) is 0.113. The van der Waals surface area contributed by atoms with E-state index in [0.717, 1.165) is 86.5 Å². The van der Waals surface area contributed by atoms with Crippen LogP contribution in [0.4, 0.5) is 0 Å². The molecule has 6 aliphatic rings. The Morgan fingerprint density at radius 1 is 0.553 bits per heavy atom. The van der Waals surface area contributed by atoms with Gasteiger partial charge in [-0.3, -0.25) is 28.8 Å². The van der Waals surface area contributed by atoms with E-state index in [4.69, 9.17) is 9.47 Å². The fourth-order valence-corrected chi connectivity index (χ4v) is 12.2. The minimum atomic E-state index is -0.679. The topological polar surface area (TPSA) is 200 Å². The van der Waals surface area contributed by atoms with Gasteiger partial charge < -0.3 is 51.2 Å². The van der Waals surface area contributed by atoms with Crippen LogP contribution >= 0.6 is 24.8 Å². The number of benzene rings is 2. The molecule has 10 atom stereocenters. The van der Waals surface area contributed by atoms with E-state index in [1.54, 1.807) is 37.7 Å². The minimum Gasteiger partial charge on any atom is -0.363 e. The van der Waals surface area contributed by atoms with Crippen LogP contribution in [0.1, 0.15) is 138 Å². The number of hydrogen-bond donors (Lipinski definition) is 6. The Morgan fingerprint density at radius 2 is 0.934 bits per heavy atom. The van der Waals surface area contributed by atoms with Gasteiger partial charge in [0.25, 0.3) is 0 Å². The van der Waals surface area contributed by atoms with Crippen LogP contribution in [0.2, 0.25) is 0 Å². The summed E-state index contributed by atoms with van der Waals surface area (Å²) in [6.45, 7) is 4.62. The average Bonchev–Trinajstić information content (AvgIpc) is 4.27. The largest absolute Gasteiger partial charge is 0.363 e. The summed E-state index contributed by atoms with van der Waals surface area (Å²) in [7, 11) is 3.44. The van der Waals surface area contributed by atoms with Crippen molar-refractivity contribution in [2.75, 3.05) is 40.4 Å². The van der Waals surface area contributed by atoms with Crippen molar-refractivity contribution >= 4 is 60.3 Å². The normalized spacial score (nSPS) is 24.5. The number of fused-ring (bicyclic) bond motifs is 2. The number of likely N-dealkylation sites (N-methyl/N-ethyl adjacent to an activating group) is 2. The monoisotopic (exact) mass is 1090 g/mol. The predicted octanol–water partition coefficient (Wildman–Crippen LogP) is 4.76. The Bertz CT molecular complexity index is 2300. The molecule has 6 N–H and O–H groups in total. The number of hydrogen-bond acceptors (Lipinski definition) is 10. The van der Waals surface area contributed by atoms with Crippen molar-refractivity contribution in [3.05, 3.63) is 70.8 Å². The molecule has 0 spiro atoms. The van der Waals surface area contributed by atoms with Crippen LogP contribution in [0.3, 0.4) is 0 Å².